The number of aromatic nitrogens is 2. The molecule has 0 unspecified atom stereocenters. The van der Waals surface area contributed by atoms with Gasteiger partial charge in [0.25, 0.3) is 0 Å². The molecule has 0 saturated heterocycles. The van der Waals surface area contributed by atoms with Gasteiger partial charge in [-0.1, -0.05) is 5.10 Å². The minimum atomic E-state index is -0.0102. The van der Waals surface area contributed by atoms with Crippen LogP contribution in [-0.4, -0.2) is 54.1 Å². The zero-order valence-corrected chi connectivity index (χ0v) is 11.1. The van der Waals surface area contributed by atoms with Gasteiger partial charge in [0.05, 0.1) is 0 Å². The lowest BCUT2D eigenvalue weighted by molar-refractivity contribution is -0.127. The molecular weight excluding hydrogens is 244 g/mol. The molecule has 96 valence electrons. The summed E-state index contributed by atoms with van der Waals surface area (Å²) < 4.78 is 5.41. The summed E-state index contributed by atoms with van der Waals surface area (Å²) in [5.74, 6) is 0.916. The number of alkyl halides is 1. The van der Waals surface area contributed by atoms with Gasteiger partial charge in [-0.2, -0.15) is 0 Å². The Morgan fingerprint density at radius 3 is 2.65 bits per heavy atom. The van der Waals surface area contributed by atoms with Crippen LogP contribution in [0.15, 0.2) is 4.42 Å². The number of rotatable bonds is 6. The Kier molecular flexibility index (Phi) is 5.21. The van der Waals surface area contributed by atoms with E-state index in [1.165, 1.54) is 4.90 Å². The molecular formula is C10H17ClN4O2. The summed E-state index contributed by atoms with van der Waals surface area (Å²) in [5, 5.41) is 7.76. The van der Waals surface area contributed by atoms with Crippen LogP contribution in [0.1, 0.15) is 12.8 Å². The molecule has 7 heteroatoms. The number of carbonyl (C=O) groups excluding carboxylic acids is 1. The molecule has 0 radical (unpaired) electrons. The Balaban J connectivity index is 2.68. The van der Waals surface area contributed by atoms with E-state index >= 15 is 0 Å². The van der Waals surface area contributed by atoms with E-state index in [1.807, 2.05) is 6.92 Å². The molecule has 1 heterocycles. The van der Waals surface area contributed by atoms with Crippen molar-refractivity contribution in [3.05, 3.63) is 5.89 Å². The fourth-order valence-corrected chi connectivity index (χ4v) is 1.34. The Labute approximate surface area is 106 Å². The predicted octanol–water partition coefficient (Wildman–Crippen LogP) is 0.765. The molecule has 1 rings (SSSR count). The molecule has 1 aromatic heterocycles. The predicted molar refractivity (Wildman–Crippen MR) is 65.3 cm³/mol. The van der Waals surface area contributed by atoms with Crippen molar-refractivity contribution in [3.8, 4) is 0 Å². The van der Waals surface area contributed by atoms with E-state index in [2.05, 4.69) is 10.2 Å². The molecule has 1 aromatic rings. The fraction of sp³-hybridized carbons (Fsp3) is 0.700. The number of hydrogen-bond acceptors (Lipinski definition) is 5. The van der Waals surface area contributed by atoms with Gasteiger partial charge in [-0.3, -0.25) is 4.79 Å². The molecule has 17 heavy (non-hydrogen) atoms. The molecule has 0 atom stereocenters. The quantitative estimate of drug-likeness (QED) is 0.707. The Morgan fingerprint density at radius 2 is 2.12 bits per heavy atom. The van der Waals surface area contributed by atoms with Crippen LogP contribution in [0.2, 0.25) is 0 Å². The van der Waals surface area contributed by atoms with Crippen LogP contribution in [0.5, 0.6) is 0 Å². The first-order valence-corrected chi connectivity index (χ1v) is 5.95. The molecule has 0 aliphatic heterocycles. The topological polar surface area (TPSA) is 62.5 Å². The molecule has 0 N–H and O–H groups in total. The highest BCUT2D eigenvalue weighted by Gasteiger charge is 2.16. The third-order valence-corrected chi connectivity index (χ3v) is 2.43. The minimum Gasteiger partial charge on any atom is -0.408 e. The highest BCUT2D eigenvalue weighted by atomic mass is 35.5. The molecule has 1 amide bonds. The van der Waals surface area contributed by atoms with Crippen LogP contribution < -0.4 is 4.90 Å². The van der Waals surface area contributed by atoms with Crippen molar-refractivity contribution in [2.24, 2.45) is 0 Å². The van der Waals surface area contributed by atoms with Gasteiger partial charge < -0.3 is 14.2 Å². The van der Waals surface area contributed by atoms with Gasteiger partial charge in [0.15, 0.2) is 0 Å². The number of nitrogens with zero attached hydrogens (tertiary/aromatic N) is 4. The highest BCUT2D eigenvalue weighted by Crippen LogP contribution is 2.12. The maximum absolute atomic E-state index is 11.6. The van der Waals surface area contributed by atoms with Crippen LogP contribution >= 0.6 is 11.6 Å². The van der Waals surface area contributed by atoms with Gasteiger partial charge in [-0.25, -0.2) is 0 Å². The zero-order valence-electron chi connectivity index (χ0n) is 10.3. The van der Waals surface area contributed by atoms with Crippen molar-refractivity contribution < 1.29 is 9.21 Å². The lowest BCUT2D eigenvalue weighted by Crippen LogP contribution is -2.36. The normalized spacial score (nSPS) is 10.4. The summed E-state index contributed by atoms with van der Waals surface area (Å²) in [4.78, 5) is 14.8. The summed E-state index contributed by atoms with van der Waals surface area (Å²) in [5.41, 5.74) is 0. The van der Waals surface area contributed by atoms with E-state index in [9.17, 15) is 4.79 Å². The van der Waals surface area contributed by atoms with Crippen molar-refractivity contribution in [2.75, 3.05) is 38.0 Å². The first-order valence-electron chi connectivity index (χ1n) is 5.42. The summed E-state index contributed by atoms with van der Waals surface area (Å²) in [6.45, 7) is 2.78. The lowest BCUT2D eigenvalue weighted by Gasteiger charge is -2.19. The van der Waals surface area contributed by atoms with E-state index in [4.69, 9.17) is 16.0 Å². The third-order valence-electron chi connectivity index (χ3n) is 2.24. The minimum absolute atomic E-state index is 0.0102. The van der Waals surface area contributed by atoms with E-state index in [0.29, 0.717) is 30.8 Å². The van der Waals surface area contributed by atoms with Gasteiger partial charge in [0.1, 0.15) is 6.54 Å². The molecule has 0 saturated carbocycles. The Morgan fingerprint density at radius 1 is 1.41 bits per heavy atom. The van der Waals surface area contributed by atoms with E-state index in [-0.39, 0.29) is 12.5 Å². The van der Waals surface area contributed by atoms with Crippen molar-refractivity contribution in [2.45, 2.75) is 13.3 Å². The van der Waals surface area contributed by atoms with Crippen LogP contribution in [-0.2, 0) is 11.2 Å². The maximum Gasteiger partial charge on any atom is 0.318 e. The van der Waals surface area contributed by atoms with E-state index in [0.717, 1.165) is 0 Å². The lowest BCUT2D eigenvalue weighted by atomic mass is 10.4. The summed E-state index contributed by atoms with van der Waals surface area (Å²) >= 11 is 5.58. The average Bonchev–Trinajstić information content (AvgIpc) is 2.74. The van der Waals surface area contributed by atoms with Crippen LogP contribution in [0, 0.1) is 0 Å². The summed E-state index contributed by atoms with van der Waals surface area (Å²) in [7, 11) is 3.42. The molecule has 0 bridgehead atoms. The van der Waals surface area contributed by atoms with Gasteiger partial charge in [0, 0.05) is 32.9 Å². The SMILES string of the molecule is CCN(CC(=O)N(C)C)c1nnc(CCCl)o1. The average molecular weight is 261 g/mol. The smallest absolute Gasteiger partial charge is 0.318 e. The Hall–Kier alpha value is -1.30. The second-order valence-electron chi connectivity index (χ2n) is 3.72. The first kappa shape index (κ1) is 13.8. The number of halogens is 1. The van der Waals surface area contributed by atoms with Crippen molar-refractivity contribution >= 4 is 23.5 Å². The van der Waals surface area contributed by atoms with Crippen molar-refractivity contribution in [1.29, 1.82) is 0 Å². The van der Waals surface area contributed by atoms with E-state index in [1.54, 1.807) is 19.0 Å². The third kappa shape index (κ3) is 3.89. The van der Waals surface area contributed by atoms with Crippen molar-refractivity contribution in [3.63, 3.8) is 0 Å². The van der Waals surface area contributed by atoms with Gasteiger partial charge in [-0.15, -0.1) is 16.7 Å². The maximum atomic E-state index is 11.6. The van der Waals surface area contributed by atoms with Gasteiger partial charge in [0.2, 0.25) is 11.8 Å². The monoisotopic (exact) mass is 260 g/mol. The van der Waals surface area contributed by atoms with Gasteiger partial charge >= 0.3 is 6.01 Å². The fourth-order valence-electron chi connectivity index (χ4n) is 1.17. The largest absolute Gasteiger partial charge is 0.408 e. The summed E-state index contributed by atoms with van der Waals surface area (Å²) in [6, 6.07) is 0.364. The molecule has 0 spiro atoms. The number of carbonyl (C=O) groups is 1. The van der Waals surface area contributed by atoms with Crippen LogP contribution in [0.3, 0.4) is 0 Å². The molecule has 0 aliphatic rings. The molecule has 0 fully saturated rings. The number of amides is 1. The molecule has 6 nitrogen and oxygen atoms in total. The van der Waals surface area contributed by atoms with Crippen LogP contribution in [0.25, 0.3) is 0 Å². The number of likely N-dealkylation sites (N-methyl/N-ethyl adjacent to an activating group) is 2. The standard InChI is InChI=1S/C10H17ClN4O2/c1-4-15(7-9(16)14(2)3)10-13-12-8(17-10)5-6-11/h4-7H2,1-3H3. The van der Waals surface area contributed by atoms with Crippen molar-refractivity contribution in [1.82, 2.24) is 15.1 Å². The first-order chi connectivity index (χ1) is 8.08. The van der Waals surface area contributed by atoms with E-state index < -0.39 is 0 Å². The second kappa shape index (κ2) is 6.44. The number of aryl methyl sites for hydroxylation is 1. The number of hydrogen-bond donors (Lipinski definition) is 0. The summed E-state index contributed by atoms with van der Waals surface area (Å²) in [6.07, 6.45) is 0.535. The molecule has 0 aliphatic carbocycles. The molecule has 0 aromatic carbocycles. The second-order valence-corrected chi connectivity index (χ2v) is 4.10. The van der Waals surface area contributed by atoms with Crippen LogP contribution in [0.4, 0.5) is 6.01 Å². The number of anilines is 1. The Bertz CT molecular complexity index is 367. The van der Waals surface area contributed by atoms with Gasteiger partial charge in [-0.05, 0) is 6.92 Å². The highest BCUT2D eigenvalue weighted by molar-refractivity contribution is 6.17. The zero-order chi connectivity index (χ0) is 12.8.